The Morgan fingerprint density at radius 2 is 1.68 bits per heavy atom. The van der Waals surface area contributed by atoms with Gasteiger partial charge in [0.1, 0.15) is 0 Å². The highest BCUT2D eigenvalue weighted by Crippen LogP contribution is 2.21. The van der Waals surface area contributed by atoms with Crippen LogP contribution in [0.5, 0.6) is 0 Å². The summed E-state index contributed by atoms with van der Waals surface area (Å²) >= 11 is 0. The van der Waals surface area contributed by atoms with Gasteiger partial charge in [0.25, 0.3) is 0 Å². The molecular formula is C20H31IN4. The van der Waals surface area contributed by atoms with Gasteiger partial charge in [0.05, 0.1) is 0 Å². The van der Waals surface area contributed by atoms with E-state index in [0.717, 1.165) is 50.5 Å². The maximum atomic E-state index is 4.49. The van der Waals surface area contributed by atoms with Gasteiger partial charge in [-0.05, 0) is 36.0 Å². The molecule has 2 unspecified atom stereocenters. The summed E-state index contributed by atoms with van der Waals surface area (Å²) in [5.74, 6) is 2.50. The molecule has 25 heavy (non-hydrogen) atoms. The Hall–Kier alpha value is -1.24. The molecule has 0 aromatic heterocycles. The average molecular weight is 454 g/mol. The second kappa shape index (κ2) is 9.46. The van der Waals surface area contributed by atoms with Crippen molar-refractivity contribution in [3.8, 4) is 0 Å². The third-order valence-electron chi connectivity index (χ3n) is 4.95. The molecule has 0 aliphatic carbocycles. The number of benzene rings is 1. The molecule has 3 rings (SSSR count). The van der Waals surface area contributed by atoms with Crippen LogP contribution in [0.4, 0.5) is 5.69 Å². The predicted molar refractivity (Wildman–Crippen MR) is 118 cm³/mol. The maximum absolute atomic E-state index is 4.49. The lowest BCUT2D eigenvalue weighted by Gasteiger charge is -2.37. The third-order valence-corrected chi connectivity index (χ3v) is 4.95. The monoisotopic (exact) mass is 454 g/mol. The lowest BCUT2D eigenvalue weighted by Crippen LogP contribution is -2.48. The number of nitrogens with one attached hydrogen (secondary N) is 1. The van der Waals surface area contributed by atoms with Gasteiger partial charge in [-0.2, -0.15) is 0 Å². The van der Waals surface area contributed by atoms with Gasteiger partial charge in [-0.25, -0.2) is 0 Å². The number of guanidine groups is 1. The van der Waals surface area contributed by atoms with Crippen LogP contribution in [0.1, 0.15) is 25.8 Å². The van der Waals surface area contributed by atoms with Crippen molar-refractivity contribution in [2.24, 2.45) is 16.8 Å². The zero-order chi connectivity index (χ0) is 16.9. The van der Waals surface area contributed by atoms with E-state index in [1.165, 1.54) is 17.7 Å². The fourth-order valence-electron chi connectivity index (χ4n) is 3.86. The molecular weight excluding hydrogens is 423 g/mol. The summed E-state index contributed by atoms with van der Waals surface area (Å²) in [5, 5.41) is 3.54. The highest BCUT2D eigenvalue weighted by Gasteiger charge is 2.23. The molecule has 0 amide bonds. The Morgan fingerprint density at radius 1 is 1.08 bits per heavy atom. The van der Waals surface area contributed by atoms with Crippen molar-refractivity contribution in [3.05, 3.63) is 42.0 Å². The molecule has 2 aliphatic rings. The van der Waals surface area contributed by atoms with Gasteiger partial charge in [-0.3, -0.25) is 4.99 Å². The van der Waals surface area contributed by atoms with E-state index in [9.17, 15) is 0 Å². The van der Waals surface area contributed by atoms with Gasteiger partial charge in [-0.15, -0.1) is 24.0 Å². The molecule has 1 aromatic rings. The first kappa shape index (κ1) is 20.1. The molecule has 0 spiro atoms. The predicted octanol–water partition coefficient (Wildman–Crippen LogP) is 3.73. The van der Waals surface area contributed by atoms with E-state index in [1.54, 1.807) is 0 Å². The smallest absolute Gasteiger partial charge is 0.193 e. The molecule has 0 bridgehead atoms. The van der Waals surface area contributed by atoms with Gasteiger partial charge in [0, 0.05) is 45.5 Å². The molecule has 4 nitrogen and oxygen atoms in total. The molecule has 5 heteroatoms. The second-order valence-electron chi connectivity index (χ2n) is 7.29. The van der Waals surface area contributed by atoms with Crippen LogP contribution in [0, 0.1) is 11.8 Å². The number of hydrogen-bond donors (Lipinski definition) is 1. The Labute approximate surface area is 169 Å². The molecule has 1 aromatic carbocycles. The molecule has 2 atom stereocenters. The van der Waals surface area contributed by atoms with E-state index in [1.807, 2.05) is 7.05 Å². The largest absolute Gasteiger partial charge is 0.364 e. The van der Waals surface area contributed by atoms with Gasteiger partial charge in [-0.1, -0.05) is 38.1 Å². The highest BCUT2D eigenvalue weighted by atomic mass is 127. The van der Waals surface area contributed by atoms with Crippen LogP contribution in [0.15, 0.2) is 41.4 Å². The summed E-state index contributed by atoms with van der Waals surface area (Å²) in [6, 6.07) is 8.88. The zero-order valence-corrected chi connectivity index (χ0v) is 17.9. The molecule has 2 heterocycles. The van der Waals surface area contributed by atoms with Gasteiger partial charge < -0.3 is 15.1 Å². The number of aliphatic imine (C=N–C) groups is 1. The van der Waals surface area contributed by atoms with Crippen molar-refractivity contribution in [2.45, 2.75) is 26.8 Å². The number of hydrogen-bond acceptors (Lipinski definition) is 2. The summed E-state index contributed by atoms with van der Waals surface area (Å²) in [6.45, 7) is 9.75. The van der Waals surface area contributed by atoms with Gasteiger partial charge in [0.2, 0.25) is 0 Å². The third kappa shape index (κ3) is 5.36. The Kier molecular flexibility index (Phi) is 7.59. The van der Waals surface area contributed by atoms with E-state index >= 15 is 0 Å². The Bertz CT molecular complexity index is 578. The fraction of sp³-hybridized carbons (Fsp3) is 0.550. The average Bonchev–Trinajstić information content (AvgIpc) is 3.09. The van der Waals surface area contributed by atoms with E-state index in [4.69, 9.17) is 0 Å². The molecule has 0 radical (unpaired) electrons. The van der Waals surface area contributed by atoms with Gasteiger partial charge >= 0.3 is 0 Å². The van der Waals surface area contributed by atoms with Crippen LogP contribution in [0.3, 0.4) is 0 Å². The first-order chi connectivity index (χ1) is 11.7. The maximum Gasteiger partial charge on any atom is 0.193 e. The topological polar surface area (TPSA) is 30.9 Å². The van der Waals surface area contributed by atoms with Crippen molar-refractivity contribution < 1.29 is 0 Å². The van der Waals surface area contributed by atoms with Crippen molar-refractivity contribution >= 4 is 35.6 Å². The standard InChI is InChI=1S/C20H30N4.HI/c1-16-12-17(2)15-24(14-16)20(21-3)22-13-18-6-8-19(9-7-18)23-10-4-5-11-23;/h4-9,16-17H,10-15H2,1-3H3,(H,21,22);1H. The lowest BCUT2D eigenvalue weighted by molar-refractivity contribution is 0.208. The minimum Gasteiger partial charge on any atom is -0.364 e. The second-order valence-corrected chi connectivity index (χ2v) is 7.29. The summed E-state index contributed by atoms with van der Waals surface area (Å²) < 4.78 is 0. The molecule has 2 aliphatic heterocycles. The van der Waals surface area contributed by atoms with E-state index in [0.29, 0.717) is 0 Å². The lowest BCUT2D eigenvalue weighted by atomic mass is 9.92. The number of anilines is 1. The fourth-order valence-corrected chi connectivity index (χ4v) is 3.86. The van der Waals surface area contributed by atoms with Crippen LogP contribution in [-0.4, -0.2) is 44.1 Å². The van der Waals surface area contributed by atoms with Crippen LogP contribution < -0.4 is 10.2 Å². The number of piperidine rings is 1. The minimum atomic E-state index is 0. The molecule has 1 N–H and O–H groups in total. The van der Waals surface area contributed by atoms with Gasteiger partial charge in [0.15, 0.2) is 5.96 Å². The van der Waals surface area contributed by atoms with Crippen molar-refractivity contribution in [3.63, 3.8) is 0 Å². The summed E-state index contributed by atoms with van der Waals surface area (Å²) in [5.41, 5.74) is 2.59. The molecule has 0 saturated carbocycles. The number of rotatable bonds is 3. The van der Waals surface area contributed by atoms with Crippen molar-refractivity contribution in [1.29, 1.82) is 0 Å². The van der Waals surface area contributed by atoms with Crippen LogP contribution in [0.25, 0.3) is 0 Å². The number of likely N-dealkylation sites (tertiary alicyclic amines) is 1. The van der Waals surface area contributed by atoms with Crippen LogP contribution >= 0.6 is 24.0 Å². The Balaban J connectivity index is 0.00000225. The number of halogens is 1. The van der Waals surface area contributed by atoms with E-state index < -0.39 is 0 Å². The van der Waals surface area contributed by atoms with E-state index in [-0.39, 0.29) is 24.0 Å². The van der Waals surface area contributed by atoms with Crippen LogP contribution in [0.2, 0.25) is 0 Å². The molecule has 1 fully saturated rings. The molecule has 138 valence electrons. The molecule has 1 saturated heterocycles. The van der Waals surface area contributed by atoms with Crippen molar-refractivity contribution in [2.75, 3.05) is 38.1 Å². The number of nitrogens with zero attached hydrogens (tertiary/aromatic N) is 3. The SMILES string of the molecule is CN=C(NCc1ccc(N2CC=CC2)cc1)N1CC(C)CC(C)C1.I. The Morgan fingerprint density at radius 3 is 2.24 bits per heavy atom. The quantitative estimate of drug-likeness (QED) is 0.327. The summed E-state index contributed by atoms with van der Waals surface area (Å²) in [7, 11) is 1.88. The van der Waals surface area contributed by atoms with Crippen molar-refractivity contribution in [1.82, 2.24) is 10.2 Å². The first-order valence-electron chi connectivity index (χ1n) is 9.10. The minimum absolute atomic E-state index is 0. The first-order valence-corrected chi connectivity index (χ1v) is 9.10. The zero-order valence-electron chi connectivity index (χ0n) is 15.6. The summed E-state index contributed by atoms with van der Waals surface area (Å²) in [4.78, 5) is 9.26. The summed E-state index contributed by atoms with van der Waals surface area (Å²) in [6.07, 6.45) is 5.76. The normalized spacial score (nSPS) is 23.6. The van der Waals surface area contributed by atoms with E-state index in [2.05, 4.69) is 70.4 Å². The highest BCUT2D eigenvalue weighted by molar-refractivity contribution is 14.0. The van der Waals surface area contributed by atoms with Crippen LogP contribution in [-0.2, 0) is 6.54 Å².